The number of carbonyl (C=O) groups excluding carboxylic acids is 1. The van der Waals surface area contributed by atoms with Gasteiger partial charge in [-0.3, -0.25) is 9.36 Å². The van der Waals surface area contributed by atoms with E-state index in [1.54, 1.807) is 0 Å². The van der Waals surface area contributed by atoms with Crippen LogP contribution in [0.15, 0.2) is 49.8 Å². The normalized spacial score (nSPS) is 15.2. The van der Waals surface area contributed by atoms with E-state index in [9.17, 15) is 18.0 Å². The SMILES string of the molecule is O=C(Cn1c(=O)oc2cc(S(=O)(=O)NC3CCCC3)ccc21)NCc1cccs1. The summed E-state index contributed by atoms with van der Waals surface area (Å²) >= 11 is 1.53. The molecule has 0 bridgehead atoms. The van der Waals surface area contributed by atoms with E-state index in [1.165, 1.54) is 34.1 Å². The fraction of sp³-hybridized carbons (Fsp3) is 0.368. The third-order valence-electron chi connectivity index (χ3n) is 4.97. The first-order chi connectivity index (χ1) is 13.9. The second-order valence-electron chi connectivity index (χ2n) is 7.04. The predicted molar refractivity (Wildman–Crippen MR) is 109 cm³/mol. The molecule has 2 N–H and O–H groups in total. The maximum atomic E-state index is 12.6. The summed E-state index contributed by atoms with van der Waals surface area (Å²) in [5, 5.41) is 4.67. The number of hydrogen-bond acceptors (Lipinski definition) is 6. The average Bonchev–Trinajstić information content (AvgIpc) is 3.42. The smallest absolute Gasteiger partial charge is 0.408 e. The van der Waals surface area contributed by atoms with Gasteiger partial charge in [0, 0.05) is 17.0 Å². The van der Waals surface area contributed by atoms with E-state index >= 15 is 0 Å². The lowest BCUT2D eigenvalue weighted by Crippen LogP contribution is -2.32. The Balaban J connectivity index is 1.52. The van der Waals surface area contributed by atoms with Crippen molar-refractivity contribution in [2.24, 2.45) is 0 Å². The summed E-state index contributed by atoms with van der Waals surface area (Å²) in [7, 11) is -3.69. The molecule has 3 aromatic rings. The molecular weight excluding hydrogens is 414 g/mol. The van der Waals surface area contributed by atoms with Crippen molar-refractivity contribution in [3.05, 3.63) is 51.1 Å². The number of carbonyl (C=O) groups is 1. The van der Waals surface area contributed by atoms with Gasteiger partial charge in [0.15, 0.2) is 5.58 Å². The minimum atomic E-state index is -3.69. The van der Waals surface area contributed by atoms with Crippen LogP contribution in [0, 0.1) is 0 Å². The largest absolute Gasteiger partial charge is 0.420 e. The molecule has 0 saturated heterocycles. The summed E-state index contributed by atoms with van der Waals surface area (Å²) in [5.74, 6) is -1.03. The predicted octanol–water partition coefficient (Wildman–Crippen LogP) is 2.19. The van der Waals surface area contributed by atoms with E-state index in [0.29, 0.717) is 12.1 Å². The van der Waals surface area contributed by atoms with Crippen LogP contribution in [0.25, 0.3) is 11.1 Å². The molecular formula is C19H21N3O5S2. The number of hydrogen-bond donors (Lipinski definition) is 2. The van der Waals surface area contributed by atoms with Gasteiger partial charge in [0.1, 0.15) is 6.54 Å². The van der Waals surface area contributed by atoms with Crippen LogP contribution >= 0.6 is 11.3 Å². The van der Waals surface area contributed by atoms with Gasteiger partial charge in [0.2, 0.25) is 15.9 Å². The Kier molecular flexibility index (Phi) is 5.57. The van der Waals surface area contributed by atoms with E-state index in [-0.39, 0.29) is 29.0 Å². The minimum Gasteiger partial charge on any atom is -0.408 e. The highest BCUT2D eigenvalue weighted by atomic mass is 32.2. The molecule has 1 fully saturated rings. The van der Waals surface area contributed by atoms with Crippen molar-refractivity contribution in [3.63, 3.8) is 0 Å². The number of aromatic nitrogens is 1. The van der Waals surface area contributed by atoms with E-state index in [2.05, 4.69) is 10.0 Å². The van der Waals surface area contributed by atoms with Gasteiger partial charge in [0.25, 0.3) is 0 Å². The van der Waals surface area contributed by atoms with Crippen LogP contribution in [-0.2, 0) is 27.9 Å². The number of oxazole rings is 1. The molecule has 0 unspecified atom stereocenters. The summed E-state index contributed by atoms with van der Waals surface area (Å²) in [5.41, 5.74) is 0.511. The molecule has 1 aliphatic rings. The number of sulfonamides is 1. The molecule has 1 saturated carbocycles. The van der Waals surface area contributed by atoms with Crippen molar-refractivity contribution in [2.45, 2.75) is 49.7 Å². The van der Waals surface area contributed by atoms with Gasteiger partial charge in [0.05, 0.1) is 17.0 Å². The van der Waals surface area contributed by atoms with Crippen LogP contribution in [0.2, 0.25) is 0 Å². The second-order valence-corrected chi connectivity index (χ2v) is 9.79. The Morgan fingerprint density at radius 2 is 2.03 bits per heavy atom. The summed E-state index contributed by atoms with van der Waals surface area (Å²) < 4.78 is 34.3. The number of fused-ring (bicyclic) bond motifs is 1. The van der Waals surface area contributed by atoms with Gasteiger partial charge in [-0.05, 0) is 36.4 Å². The molecule has 0 radical (unpaired) electrons. The molecule has 1 amide bonds. The summed E-state index contributed by atoms with van der Waals surface area (Å²) in [6.45, 7) is 0.180. The average molecular weight is 436 g/mol. The van der Waals surface area contributed by atoms with E-state index in [1.807, 2.05) is 17.5 Å². The number of benzene rings is 1. The lowest BCUT2D eigenvalue weighted by atomic mass is 10.3. The highest BCUT2D eigenvalue weighted by molar-refractivity contribution is 7.89. The lowest BCUT2D eigenvalue weighted by molar-refractivity contribution is -0.121. The van der Waals surface area contributed by atoms with Gasteiger partial charge < -0.3 is 9.73 Å². The van der Waals surface area contributed by atoms with Gasteiger partial charge in [-0.1, -0.05) is 18.9 Å². The third kappa shape index (κ3) is 4.44. The van der Waals surface area contributed by atoms with Crippen molar-refractivity contribution in [1.29, 1.82) is 0 Å². The maximum absolute atomic E-state index is 12.6. The monoisotopic (exact) mass is 435 g/mol. The molecule has 0 atom stereocenters. The Hall–Kier alpha value is -2.43. The molecule has 29 heavy (non-hydrogen) atoms. The van der Waals surface area contributed by atoms with Gasteiger partial charge in [-0.25, -0.2) is 17.9 Å². The Morgan fingerprint density at radius 1 is 1.24 bits per heavy atom. The summed E-state index contributed by atoms with van der Waals surface area (Å²) in [4.78, 5) is 25.5. The van der Waals surface area contributed by atoms with Crippen molar-refractivity contribution >= 4 is 38.4 Å². The van der Waals surface area contributed by atoms with Crippen LogP contribution < -0.4 is 15.8 Å². The van der Waals surface area contributed by atoms with Gasteiger partial charge in [-0.2, -0.15) is 0 Å². The topological polar surface area (TPSA) is 110 Å². The fourth-order valence-electron chi connectivity index (χ4n) is 3.49. The fourth-order valence-corrected chi connectivity index (χ4v) is 5.46. The van der Waals surface area contributed by atoms with E-state index < -0.39 is 15.8 Å². The highest BCUT2D eigenvalue weighted by Crippen LogP contribution is 2.22. The third-order valence-corrected chi connectivity index (χ3v) is 7.36. The highest BCUT2D eigenvalue weighted by Gasteiger charge is 2.24. The zero-order valence-corrected chi connectivity index (χ0v) is 17.2. The first-order valence-electron chi connectivity index (χ1n) is 9.37. The molecule has 1 aliphatic carbocycles. The Labute approximate surface area is 171 Å². The number of nitrogens with one attached hydrogen (secondary N) is 2. The standard InChI is InChI=1S/C19H21N3O5S2/c23-18(20-11-14-6-3-9-28-14)12-22-16-8-7-15(10-17(16)27-19(22)24)29(25,26)21-13-4-1-2-5-13/h3,6-10,13,21H,1-2,4-5,11-12H2,(H,20,23). The summed E-state index contributed by atoms with van der Waals surface area (Å²) in [6.07, 6.45) is 3.68. The number of nitrogens with zero attached hydrogens (tertiary/aromatic N) is 1. The Bertz CT molecular complexity index is 1170. The molecule has 0 aliphatic heterocycles. The zero-order valence-electron chi connectivity index (χ0n) is 15.6. The molecule has 8 nitrogen and oxygen atoms in total. The summed E-state index contributed by atoms with van der Waals surface area (Å²) in [6, 6.07) is 8.00. The Morgan fingerprint density at radius 3 is 2.76 bits per heavy atom. The van der Waals surface area contributed by atoms with Crippen molar-refractivity contribution in [1.82, 2.24) is 14.6 Å². The molecule has 1 aromatic carbocycles. The van der Waals surface area contributed by atoms with Crippen LogP contribution in [0.1, 0.15) is 30.6 Å². The van der Waals surface area contributed by atoms with Crippen molar-refractivity contribution < 1.29 is 17.6 Å². The lowest BCUT2D eigenvalue weighted by Gasteiger charge is -2.12. The molecule has 2 heterocycles. The van der Waals surface area contributed by atoms with Crippen molar-refractivity contribution in [3.8, 4) is 0 Å². The quantitative estimate of drug-likeness (QED) is 0.591. The van der Waals surface area contributed by atoms with Crippen LogP contribution in [-0.4, -0.2) is 24.9 Å². The van der Waals surface area contributed by atoms with Gasteiger partial charge in [-0.15, -0.1) is 11.3 Å². The number of amides is 1. The second kappa shape index (κ2) is 8.13. The number of thiophene rings is 1. The van der Waals surface area contributed by atoms with E-state index in [4.69, 9.17) is 4.42 Å². The molecule has 0 spiro atoms. The molecule has 2 aromatic heterocycles. The van der Waals surface area contributed by atoms with E-state index in [0.717, 1.165) is 30.6 Å². The van der Waals surface area contributed by atoms with Crippen molar-refractivity contribution in [2.75, 3.05) is 0 Å². The van der Waals surface area contributed by atoms with Crippen LogP contribution in [0.4, 0.5) is 0 Å². The van der Waals surface area contributed by atoms with Crippen LogP contribution in [0.3, 0.4) is 0 Å². The first-order valence-corrected chi connectivity index (χ1v) is 11.7. The first kappa shape index (κ1) is 19.9. The zero-order chi connectivity index (χ0) is 20.4. The molecule has 154 valence electrons. The van der Waals surface area contributed by atoms with Gasteiger partial charge >= 0.3 is 5.76 Å². The molecule has 10 heteroatoms. The minimum absolute atomic E-state index is 0.0416. The van der Waals surface area contributed by atoms with Crippen LogP contribution in [0.5, 0.6) is 0 Å². The number of rotatable bonds is 7. The maximum Gasteiger partial charge on any atom is 0.420 e. The molecule has 4 rings (SSSR count).